The lowest BCUT2D eigenvalue weighted by Crippen LogP contribution is -2.12. The van der Waals surface area contributed by atoms with E-state index in [1.54, 1.807) is 24.3 Å². The number of carbonyl (C=O) groups excluding carboxylic acids is 1. The third-order valence-corrected chi connectivity index (χ3v) is 3.12. The van der Waals surface area contributed by atoms with E-state index in [2.05, 4.69) is 30.7 Å². The first-order chi connectivity index (χ1) is 10.1. The standard InChI is InChI=1S/C13H11ClN6O/c1-7-16-12(20-18-7)9-3-2-8(6-10(9)14)17-13(21)11-4-5-15-19-11/h2-6H,1H3,(H,15,19)(H,17,21)(H,16,18,20). The van der Waals surface area contributed by atoms with Crippen molar-refractivity contribution in [2.45, 2.75) is 6.92 Å². The second-order valence-electron chi connectivity index (χ2n) is 4.36. The van der Waals surface area contributed by atoms with Gasteiger partial charge in [0.15, 0.2) is 5.82 Å². The van der Waals surface area contributed by atoms with Gasteiger partial charge in [-0.2, -0.15) is 10.2 Å². The minimum Gasteiger partial charge on any atom is -0.321 e. The Kier molecular flexibility index (Phi) is 3.41. The molecule has 1 aromatic carbocycles. The maximum Gasteiger partial charge on any atom is 0.273 e. The summed E-state index contributed by atoms with van der Waals surface area (Å²) in [5.41, 5.74) is 1.65. The molecule has 0 saturated heterocycles. The van der Waals surface area contributed by atoms with E-state index >= 15 is 0 Å². The number of aromatic nitrogens is 5. The molecule has 0 bridgehead atoms. The van der Waals surface area contributed by atoms with E-state index in [9.17, 15) is 4.79 Å². The van der Waals surface area contributed by atoms with E-state index in [1.165, 1.54) is 6.20 Å². The zero-order valence-electron chi connectivity index (χ0n) is 11.0. The Bertz CT molecular complexity index is 780. The second kappa shape index (κ2) is 5.37. The van der Waals surface area contributed by atoms with Crippen molar-refractivity contribution in [2.24, 2.45) is 0 Å². The third kappa shape index (κ3) is 2.77. The number of H-pyrrole nitrogens is 2. The first kappa shape index (κ1) is 13.3. The summed E-state index contributed by atoms with van der Waals surface area (Å²) in [7, 11) is 0. The van der Waals surface area contributed by atoms with Gasteiger partial charge in [0.1, 0.15) is 11.5 Å². The highest BCUT2D eigenvalue weighted by molar-refractivity contribution is 6.33. The topological polar surface area (TPSA) is 99.3 Å². The number of rotatable bonds is 3. The molecule has 8 heteroatoms. The molecule has 3 N–H and O–H groups in total. The fraction of sp³-hybridized carbons (Fsp3) is 0.0769. The summed E-state index contributed by atoms with van der Waals surface area (Å²) in [5, 5.41) is 16.3. The molecule has 0 aliphatic carbocycles. The summed E-state index contributed by atoms with van der Waals surface area (Å²) in [6.07, 6.45) is 1.51. The van der Waals surface area contributed by atoms with Gasteiger partial charge in [-0.25, -0.2) is 4.98 Å². The molecular formula is C13H11ClN6O. The molecule has 3 aromatic rings. The molecule has 0 aliphatic rings. The molecule has 2 aromatic heterocycles. The Labute approximate surface area is 124 Å². The third-order valence-electron chi connectivity index (χ3n) is 2.81. The second-order valence-corrected chi connectivity index (χ2v) is 4.77. The largest absolute Gasteiger partial charge is 0.321 e. The number of halogens is 1. The van der Waals surface area contributed by atoms with Crippen LogP contribution >= 0.6 is 11.6 Å². The van der Waals surface area contributed by atoms with Crippen molar-refractivity contribution in [2.75, 3.05) is 5.32 Å². The number of nitrogens with one attached hydrogen (secondary N) is 3. The van der Waals surface area contributed by atoms with Gasteiger partial charge in [0.2, 0.25) is 0 Å². The Morgan fingerprint density at radius 3 is 2.76 bits per heavy atom. The first-order valence-electron chi connectivity index (χ1n) is 6.13. The van der Waals surface area contributed by atoms with E-state index in [4.69, 9.17) is 11.6 Å². The van der Waals surface area contributed by atoms with Crippen molar-refractivity contribution in [1.29, 1.82) is 0 Å². The molecule has 0 unspecified atom stereocenters. The number of hydrogen-bond donors (Lipinski definition) is 3. The zero-order valence-corrected chi connectivity index (χ0v) is 11.8. The molecule has 106 valence electrons. The monoisotopic (exact) mass is 302 g/mol. The Hall–Kier alpha value is -2.67. The summed E-state index contributed by atoms with van der Waals surface area (Å²) in [6, 6.07) is 6.73. The fourth-order valence-corrected chi connectivity index (χ4v) is 2.08. The van der Waals surface area contributed by atoms with Crippen LogP contribution < -0.4 is 5.32 Å². The van der Waals surface area contributed by atoms with Gasteiger partial charge in [0.25, 0.3) is 5.91 Å². The van der Waals surface area contributed by atoms with Crippen molar-refractivity contribution >= 4 is 23.2 Å². The molecule has 0 fully saturated rings. The number of anilines is 1. The SMILES string of the molecule is Cc1nc(-c2ccc(NC(=O)c3ccn[nH]3)cc2Cl)n[nH]1. The number of aryl methyl sites for hydroxylation is 1. The molecular weight excluding hydrogens is 292 g/mol. The number of hydrogen-bond acceptors (Lipinski definition) is 4. The maximum atomic E-state index is 11.9. The van der Waals surface area contributed by atoms with Crippen molar-refractivity contribution < 1.29 is 4.79 Å². The van der Waals surface area contributed by atoms with Crippen LogP contribution in [0.2, 0.25) is 5.02 Å². The van der Waals surface area contributed by atoms with Gasteiger partial charge < -0.3 is 5.32 Å². The predicted molar refractivity (Wildman–Crippen MR) is 78.1 cm³/mol. The normalized spacial score (nSPS) is 10.6. The van der Waals surface area contributed by atoms with Crippen LogP contribution in [0.3, 0.4) is 0 Å². The van der Waals surface area contributed by atoms with Crippen molar-refractivity contribution in [3.8, 4) is 11.4 Å². The van der Waals surface area contributed by atoms with Crippen LogP contribution in [0.15, 0.2) is 30.5 Å². The molecule has 0 aliphatic heterocycles. The summed E-state index contributed by atoms with van der Waals surface area (Å²) in [4.78, 5) is 16.1. The molecule has 0 atom stereocenters. The minimum absolute atomic E-state index is 0.287. The number of amides is 1. The van der Waals surface area contributed by atoms with Gasteiger partial charge in [0.05, 0.1) is 5.02 Å². The highest BCUT2D eigenvalue weighted by Gasteiger charge is 2.11. The van der Waals surface area contributed by atoms with E-state index < -0.39 is 0 Å². The van der Waals surface area contributed by atoms with Crippen molar-refractivity contribution in [3.63, 3.8) is 0 Å². The lowest BCUT2D eigenvalue weighted by molar-refractivity contribution is 0.102. The average molecular weight is 303 g/mol. The van der Waals surface area contributed by atoms with Crippen molar-refractivity contribution in [1.82, 2.24) is 25.4 Å². The Balaban J connectivity index is 1.83. The quantitative estimate of drug-likeness (QED) is 0.691. The lowest BCUT2D eigenvalue weighted by Gasteiger charge is -2.06. The van der Waals surface area contributed by atoms with E-state index in [0.717, 1.165) is 0 Å². The highest BCUT2D eigenvalue weighted by atomic mass is 35.5. The summed E-state index contributed by atoms with van der Waals surface area (Å²) in [6.45, 7) is 1.81. The molecule has 2 heterocycles. The van der Waals surface area contributed by atoms with Gasteiger partial charge in [-0.15, -0.1) is 0 Å². The van der Waals surface area contributed by atoms with Crippen molar-refractivity contribution in [3.05, 3.63) is 47.0 Å². The average Bonchev–Trinajstić information content (AvgIpc) is 3.10. The van der Waals surface area contributed by atoms with Gasteiger partial charge >= 0.3 is 0 Å². The highest BCUT2D eigenvalue weighted by Crippen LogP contribution is 2.28. The number of aromatic amines is 2. The van der Waals surface area contributed by atoms with Crippen LogP contribution in [0, 0.1) is 6.92 Å². The fourth-order valence-electron chi connectivity index (χ4n) is 1.82. The first-order valence-corrected chi connectivity index (χ1v) is 6.51. The van der Waals surface area contributed by atoms with Crippen LogP contribution in [-0.4, -0.2) is 31.3 Å². The van der Waals surface area contributed by atoms with E-state index in [0.29, 0.717) is 33.6 Å². The molecule has 0 spiro atoms. The molecule has 0 radical (unpaired) electrons. The van der Waals surface area contributed by atoms with Crippen LogP contribution in [0.4, 0.5) is 5.69 Å². The van der Waals surface area contributed by atoms with Crippen LogP contribution in [0.25, 0.3) is 11.4 Å². The molecule has 0 saturated carbocycles. The smallest absolute Gasteiger partial charge is 0.273 e. The maximum absolute atomic E-state index is 11.9. The summed E-state index contributed by atoms with van der Waals surface area (Å²) < 4.78 is 0. The molecule has 3 rings (SSSR count). The Morgan fingerprint density at radius 2 is 2.14 bits per heavy atom. The van der Waals surface area contributed by atoms with Gasteiger partial charge in [0, 0.05) is 17.4 Å². The molecule has 21 heavy (non-hydrogen) atoms. The number of nitrogens with zero attached hydrogens (tertiary/aromatic N) is 3. The van der Waals surface area contributed by atoms with Gasteiger partial charge in [-0.1, -0.05) is 11.6 Å². The molecule has 1 amide bonds. The number of carbonyl (C=O) groups is 1. The molecule has 7 nitrogen and oxygen atoms in total. The summed E-state index contributed by atoms with van der Waals surface area (Å²) >= 11 is 6.22. The van der Waals surface area contributed by atoms with Crippen LogP contribution in [-0.2, 0) is 0 Å². The predicted octanol–water partition coefficient (Wildman–Crippen LogP) is 2.41. The zero-order chi connectivity index (χ0) is 14.8. The Morgan fingerprint density at radius 1 is 1.29 bits per heavy atom. The lowest BCUT2D eigenvalue weighted by atomic mass is 10.2. The van der Waals surface area contributed by atoms with Crippen LogP contribution in [0.1, 0.15) is 16.3 Å². The van der Waals surface area contributed by atoms with E-state index in [-0.39, 0.29) is 5.91 Å². The van der Waals surface area contributed by atoms with Crippen LogP contribution in [0.5, 0.6) is 0 Å². The van der Waals surface area contributed by atoms with E-state index in [1.807, 2.05) is 6.92 Å². The summed E-state index contributed by atoms with van der Waals surface area (Å²) in [5.74, 6) is 0.937. The van der Waals surface area contributed by atoms with Gasteiger partial charge in [-0.3, -0.25) is 15.0 Å². The minimum atomic E-state index is -0.287. The number of benzene rings is 1. The van der Waals surface area contributed by atoms with Gasteiger partial charge in [-0.05, 0) is 31.2 Å².